The Labute approximate surface area is 61.2 Å². The normalized spacial score (nSPS) is 12.3. The number of nitrogens with zero attached hydrogens (tertiary/aromatic N) is 1. The molecule has 0 amide bonds. The lowest BCUT2D eigenvalue weighted by Gasteiger charge is -2.14. The Morgan fingerprint density at radius 3 is 1.90 bits per heavy atom. The van der Waals surface area contributed by atoms with Crippen LogP contribution in [0.2, 0.25) is 0 Å². The van der Waals surface area contributed by atoms with Gasteiger partial charge in [0.1, 0.15) is 0 Å². The SMILES string of the molecule is CC(C)(C)S(=O)(=O)C=C=[N-]. The van der Waals surface area contributed by atoms with Crippen molar-refractivity contribution in [2.24, 2.45) is 0 Å². The zero-order chi connectivity index (χ0) is 8.41. The molecule has 4 heteroatoms. The summed E-state index contributed by atoms with van der Waals surface area (Å²) in [5, 5.41) is 8.75. The van der Waals surface area contributed by atoms with Gasteiger partial charge >= 0.3 is 0 Å². The van der Waals surface area contributed by atoms with Gasteiger partial charge in [-0.15, -0.1) is 0 Å². The molecule has 0 spiro atoms. The fraction of sp³-hybridized carbons (Fsp3) is 0.667. The third kappa shape index (κ3) is 1.97. The highest BCUT2D eigenvalue weighted by Crippen LogP contribution is 2.15. The van der Waals surface area contributed by atoms with Crippen molar-refractivity contribution in [1.29, 1.82) is 0 Å². The van der Waals surface area contributed by atoms with Crippen LogP contribution >= 0.6 is 0 Å². The molecule has 0 aliphatic rings. The number of rotatable bonds is 1. The molecule has 0 bridgehead atoms. The molecule has 0 aromatic rings. The van der Waals surface area contributed by atoms with Crippen LogP contribution in [0.1, 0.15) is 20.8 Å². The van der Waals surface area contributed by atoms with Crippen LogP contribution in [0.5, 0.6) is 0 Å². The lowest BCUT2D eigenvalue weighted by Crippen LogP contribution is -2.25. The molecule has 0 saturated carbocycles. The Bertz CT molecular complexity index is 252. The van der Waals surface area contributed by atoms with Crippen molar-refractivity contribution in [2.75, 3.05) is 0 Å². The third-order valence-electron chi connectivity index (χ3n) is 1.06. The largest absolute Gasteiger partial charge is 0.763 e. The van der Waals surface area contributed by atoms with E-state index in [0.29, 0.717) is 5.41 Å². The molecule has 0 saturated heterocycles. The maximum atomic E-state index is 11.0. The van der Waals surface area contributed by atoms with E-state index in [-0.39, 0.29) is 0 Å². The second-order valence-corrected chi connectivity index (χ2v) is 5.45. The van der Waals surface area contributed by atoms with Crippen molar-refractivity contribution in [3.05, 3.63) is 10.8 Å². The molecule has 0 heterocycles. The van der Waals surface area contributed by atoms with E-state index in [0.717, 1.165) is 0 Å². The third-order valence-corrected chi connectivity index (χ3v) is 3.18. The quantitative estimate of drug-likeness (QED) is 0.536. The van der Waals surface area contributed by atoms with Crippen molar-refractivity contribution >= 4 is 15.7 Å². The molecule has 0 aliphatic heterocycles. The Morgan fingerprint density at radius 1 is 1.40 bits per heavy atom. The van der Waals surface area contributed by atoms with Gasteiger partial charge in [-0.3, -0.25) is 5.87 Å². The van der Waals surface area contributed by atoms with E-state index in [4.69, 9.17) is 5.41 Å². The minimum Gasteiger partial charge on any atom is -0.763 e. The Hall–Kier alpha value is -0.600. The van der Waals surface area contributed by atoms with Gasteiger partial charge in [-0.05, 0) is 20.8 Å². The lowest BCUT2D eigenvalue weighted by molar-refractivity contribution is 0.570. The molecule has 58 valence electrons. The molecule has 0 N–H and O–H groups in total. The standard InChI is InChI=1S/C6H10NO2S/c1-6(2,3)10(8,9)5-4-7/h5H,1-3H3/q-1. The van der Waals surface area contributed by atoms with Crippen LogP contribution in [-0.2, 0) is 9.84 Å². The molecular formula is C6H10NO2S-. The molecule has 0 aromatic carbocycles. The predicted octanol–water partition coefficient (Wildman–Crippen LogP) is 0.953. The topological polar surface area (TPSA) is 56.4 Å². The summed E-state index contributed by atoms with van der Waals surface area (Å²) in [5.74, 6) is 1.50. The highest BCUT2D eigenvalue weighted by molar-refractivity contribution is 7.95. The molecule has 0 rings (SSSR count). The second-order valence-electron chi connectivity index (χ2n) is 2.90. The first-order chi connectivity index (χ1) is 4.31. The first kappa shape index (κ1) is 9.40. The maximum absolute atomic E-state index is 11.0. The lowest BCUT2D eigenvalue weighted by atomic mass is 10.3. The van der Waals surface area contributed by atoms with Crippen molar-refractivity contribution in [2.45, 2.75) is 25.5 Å². The van der Waals surface area contributed by atoms with E-state index in [1.807, 2.05) is 0 Å². The van der Waals surface area contributed by atoms with E-state index in [1.165, 1.54) is 5.87 Å². The van der Waals surface area contributed by atoms with Gasteiger partial charge in [-0.2, -0.15) is 0 Å². The number of hydrogen-bond acceptors (Lipinski definition) is 2. The molecule has 3 nitrogen and oxygen atoms in total. The fourth-order valence-corrected chi connectivity index (χ4v) is 0.738. The fourth-order valence-electron chi connectivity index (χ4n) is 0.246. The molecule has 0 atom stereocenters. The van der Waals surface area contributed by atoms with Crippen molar-refractivity contribution in [1.82, 2.24) is 0 Å². The van der Waals surface area contributed by atoms with Crippen LogP contribution in [-0.4, -0.2) is 19.0 Å². The summed E-state index contributed by atoms with van der Waals surface area (Å²) in [5.41, 5.74) is 0. The van der Waals surface area contributed by atoms with E-state index in [2.05, 4.69) is 0 Å². The Kier molecular flexibility index (Phi) is 2.41. The van der Waals surface area contributed by atoms with Gasteiger partial charge in [0.05, 0.1) is 4.75 Å². The van der Waals surface area contributed by atoms with Gasteiger partial charge in [-0.1, -0.05) is 0 Å². The van der Waals surface area contributed by atoms with Crippen molar-refractivity contribution in [3.63, 3.8) is 0 Å². The zero-order valence-electron chi connectivity index (χ0n) is 6.25. The average molecular weight is 160 g/mol. The van der Waals surface area contributed by atoms with Crippen LogP contribution in [0.15, 0.2) is 5.41 Å². The summed E-state index contributed by atoms with van der Waals surface area (Å²) in [6.07, 6.45) is 0. The number of sulfone groups is 1. The molecule has 0 radical (unpaired) electrons. The summed E-state index contributed by atoms with van der Waals surface area (Å²) in [6, 6.07) is 0. The summed E-state index contributed by atoms with van der Waals surface area (Å²) in [6.45, 7) is 4.66. The van der Waals surface area contributed by atoms with Gasteiger partial charge in [0.2, 0.25) is 0 Å². The predicted molar refractivity (Wildman–Crippen MR) is 41.6 cm³/mol. The maximum Gasteiger partial charge on any atom is 0.181 e. The molecule has 10 heavy (non-hydrogen) atoms. The molecule has 0 unspecified atom stereocenters. The Balaban J connectivity index is 4.97. The van der Waals surface area contributed by atoms with Crippen LogP contribution in [0.3, 0.4) is 0 Å². The first-order valence-electron chi connectivity index (χ1n) is 2.79. The average Bonchev–Trinajstić information content (AvgIpc) is 1.61. The van der Waals surface area contributed by atoms with E-state index in [1.54, 1.807) is 20.8 Å². The van der Waals surface area contributed by atoms with Crippen LogP contribution in [0.4, 0.5) is 0 Å². The van der Waals surface area contributed by atoms with E-state index in [9.17, 15) is 8.42 Å². The van der Waals surface area contributed by atoms with Crippen LogP contribution in [0.25, 0.3) is 5.41 Å². The van der Waals surface area contributed by atoms with Gasteiger partial charge in [0, 0.05) is 5.41 Å². The van der Waals surface area contributed by atoms with Crippen LogP contribution in [0, 0.1) is 0 Å². The monoisotopic (exact) mass is 160 g/mol. The van der Waals surface area contributed by atoms with Crippen molar-refractivity contribution < 1.29 is 8.42 Å². The van der Waals surface area contributed by atoms with Crippen molar-refractivity contribution in [3.8, 4) is 0 Å². The van der Waals surface area contributed by atoms with Gasteiger partial charge in [-0.25, -0.2) is 8.42 Å². The molecule has 0 fully saturated rings. The minimum absolute atomic E-state index is 0.674. The molecule has 0 aliphatic carbocycles. The molecular weight excluding hydrogens is 150 g/mol. The second kappa shape index (κ2) is 2.56. The van der Waals surface area contributed by atoms with Gasteiger partial charge in [0.15, 0.2) is 9.84 Å². The first-order valence-corrected chi connectivity index (χ1v) is 4.33. The summed E-state index contributed by atoms with van der Waals surface area (Å²) < 4.78 is 21.1. The van der Waals surface area contributed by atoms with E-state index >= 15 is 0 Å². The molecule has 0 aromatic heterocycles. The summed E-state index contributed by atoms with van der Waals surface area (Å²) in [4.78, 5) is 0. The minimum atomic E-state index is -3.33. The number of hydrogen-bond donors (Lipinski definition) is 0. The summed E-state index contributed by atoms with van der Waals surface area (Å²) in [7, 11) is -3.33. The highest BCUT2D eigenvalue weighted by Gasteiger charge is 2.25. The van der Waals surface area contributed by atoms with Crippen LogP contribution < -0.4 is 0 Å². The van der Waals surface area contributed by atoms with E-state index < -0.39 is 14.6 Å². The van der Waals surface area contributed by atoms with Gasteiger partial charge < -0.3 is 5.41 Å². The van der Waals surface area contributed by atoms with Gasteiger partial charge in [0.25, 0.3) is 0 Å². The Morgan fingerprint density at radius 2 is 1.80 bits per heavy atom. The summed E-state index contributed by atoms with van der Waals surface area (Å²) >= 11 is 0. The smallest absolute Gasteiger partial charge is 0.181 e. The highest BCUT2D eigenvalue weighted by atomic mass is 32.2. The zero-order valence-corrected chi connectivity index (χ0v) is 7.07.